The number of phenolic OH excluding ortho intramolecular Hbond substituents is 1. The van der Waals surface area contributed by atoms with Crippen molar-refractivity contribution in [3.63, 3.8) is 0 Å². The molecule has 0 amide bonds. The van der Waals surface area contributed by atoms with Gasteiger partial charge in [-0.25, -0.2) is 0 Å². The van der Waals surface area contributed by atoms with Crippen LogP contribution < -0.4 is 10.2 Å². The molecule has 3 aromatic rings. The smallest absolute Gasteiger partial charge is 0.193 e. The molecule has 0 aliphatic heterocycles. The molecule has 0 aliphatic rings. The highest BCUT2D eigenvalue weighted by molar-refractivity contribution is 9.10. The van der Waals surface area contributed by atoms with Gasteiger partial charge >= 0.3 is 0 Å². The fourth-order valence-electron chi connectivity index (χ4n) is 2.06. The molecule has 1 heterocycles. The van der Waals surface area contributed by atoms with Crippen LogP contribution in [0.25, 0.3) is 22.3 Å². The van der Waals surface area contributed by atoms with E-state index in [1.54, 1.807) is 25.3 Å². The number of benzene rings is 2. The lowest BCUT2D eigenvalue weighted by atomic mass is 10.1. The van der Waals surface area contributed by atoms with E-state index in [-0.39, 0.29) is 11.2 Å². The van der Waals surface area contributed by atoms with Crippen LogP contribution in [-0.4, -0.2) is 12.2 Å². The Balaban J connectivity index is 2.19. The molecule has 0 atom stereocenters. The first-order valence-electron chi connectivity index (χ1n) is 6.19. The number of hydrogen-bond acceptors (Lipinski definition) is 4. The molecule has 5 heteroatoms. The third kappa shape index (κ3) is 2.52. The largest absolute Gasteiger partial charge is 0.507 e. The lowest BCUT2D eigenvalue weighted by Crippen LogP contribution is -2.00. The van der Waals surface area contributed by atoms with Crippen molar-refractivity contribution in [1.29, 1.82) is 0 Å². The maximum Gasteiger partial charge on any atom is 0.193 e. The maximum absolute atomic E-state index is 12.2. The average molecular weight is 347 g/mol. The second-order valence-corrected chi connectivity index (χ2v) is 5.36. The van der Waals surface area contributed by atoms with E-state index >= 15 is 0 Å². The van der Waals surface area contributed by atoms with Crippen LogP contribution >= 0.6 is 15.9 Å². The van der Waals surface area contributed by atoms with Gasteiger partial charge in [0.25, 0.3) is 0 Å². The van der Waals surface area contributed by atoms with Crippen molar-refractivity contribution in [2.45, 2.75) is 0 Å². The highest BCUT2D eigenvalue weighted by Gasteiger charge is 2.10. The summed E-state index contributed by atoms with van der Waals surface area (Å²) in [7, 11) is 1.59. The summed E-state index contributed by atoms with van der Waals surface area (Å²) in [4.78, 5) is 12.2. The Morgan fingerprint density at radius 2 is 1.86 bits per heavy atom. The summed E-state index contributed by atoms with van der Waals surface area (Å²) in [6, 6.07) is 11.6. The van der Waals surface area contributed by atoms with Crippen LogP contribution in [0.15, 0.2) is 56.1 Å². The topological polar surface area (TPSA) is 59.7 Å². The van der Waals surface area contributed by atoms with E-state index in [0.717, 1.165) is 11.3 Å². The van der Waals surface area contributed by atoms with E-state index < -0.39 is 0 Å². The van der Waals surface area contributed by atoms with Gasteiger partial charge in [-0.1, -0.05) is 0 Å². The second kappa shape index (κ2) is 5.26. The Bertz CT molecular complexity index is 866. The summed E-state index contributed by atoms with van der Waals surface area (Å²) < 4.78 is 11.3. The van der Waals surface area contributed by atoms with Gasteiger partial charge in [-0.2, -0.15) is 0 Å². The Kier molecular flexibility index (Phi) is 3.43. The van der Waals surface area contributed by atoms with Crippen molar-refractivity contribution in [2.24, 2.45) is 0 Å². The molecule has 106 valence electrons. The number of halogens is 1. The molecule has 0 saturated heterocycles. The van der Waals surface area contributed by atoms with Crippen molar-refractivity contribution in [3.05, 3.63) is 57.2 Å². The van der Waals surface area contributed by atoms with Crippen LogP contribution in [0.2, 0.25) is 0 Å². The first-order valence-corrected chi connectivity index (χ1v) is 6.98. The summed E-state index contributed by atoms with van der Waals surface area (Å²) in [6.45, 7) is 0. The molecular weight excluding hydrogens is 336 g/mol. The number of hydrogen-bond donors (Lipinski definition) is 1. The van der Waals surface area contributed by atoms with Crippen LogP contribution in [0.1, 0.15) is 0 Å². The van der Waals surface area contributed by atoms with E-state index in [2.05, 4.69) is 15.9 Å². The Labute approximate surface area is 128 Å². The highest BCUT2D eigenvalue weighted by atomic mass is 79.9. The third-order valence-corrected chi connectivity index (χ3v) is 3.81. The van der Waals surface area contributed by atoms with E-state index in [0.29, 0.717) is 21.2 Å². The SMILES string of the molecule is COc1ccc(-c2cc(=O)c3cc(Br)c(O)cc3o2)cc1. The molecule has 1 N–H and O–H groups in total. The van der Waals surface area contributed by atoms with Gasteiger partial charge in [-0.3, -0.25) is 4.79 Å². The van der Waals surface area contributed by atoms with Gasteiger partial charge in [0, 0.05) is 17.7 Å². The average Bonchev–Trinajstić information content (AvgIpc) is 2.49. The van der Waals surface area contributed by atoms with E-state index in [1.165, 1.54) is 12.1 Å². The van der Waals surface area contributed by atoms with Gasteiger partial charge in [0.2, 0.25) is 0 Å². The van der Waals surface area contributed by atoms with E-state index in [9.17, 15) is 9.90 Å². The van der Waals surface area contributed by atoms with Crippen molar-refractivity contribution in [1.82, 2.24) is 0 Å². The standard InChI is InChI=1S/C16H11BrO4/c1-20-10-4-2-9(3-5-10)15-7-13(18)11-6-12(17)14(19)8-16(11)21-15/h2-8,19H,1H3. The predicted octanol–water partition coefficient (Wildman–Crippen LogP) is 3.94. The van der Waals surface area contributed by atoms with Crippen LogP contribution in [-0.2, 0) is 0 Å². The lowest BCUT2D eigenvalue weighted by molar-refractivity contribution is 0.415. The zero-order valence-corrected chi connectivity index (χ0v) is 12.7. The number of methoxy groups -OCH3 is 1. The molecule has 0 bridgehead atoms. The molecule has 0 unspecified atom stereocenters. The van der Waals surface area contributed by atoms with Crippen LogP contribution in [0.5, 0.6) is 11.5 Å². The van der Waals surface area contributed by atoms with E-state index in [4.69, 9.17) is 9.15 Å². The summed E-state index contributed by atoms with van der Waals surface area (Å²) >= 11 is 3.19. The molecule has 1 aromatic heterocycles. The Morgan fingerprint density at radius 3 is 2.52 bits per heavy atom. The predicted molar refractivity (Wildman–Crippen MR) is 83.8 cm³/mol. The Morgan fingerprint density at radius 1 is 1.14 bits per heavy atom. The summed E-state index contributed by atoms with van der Waals surface area (Å²) in [5, 5.41) is 10.1. The summed E-state index contributed by atoms with van der Waals surface area (Å²) in [5.74, 6) is 1.19. The summed E-state index contributed by atoms with van der Waals surface area (Å²) in [6.07, 6.45) is 0. The highest BCUT2D eigenvalue weighted by Crippen LogP contribution is 2.30. The minimum absolute atomic E-state index is 0.0255. The minimum Gasteiger partial charge on any atom is -0.507 e. The monoisotopic (exact) mass is 346 g/mol. The number of ether oxygens (including phenoxy) is 1. The van der Waals surface area contributed by atoms with Crippen molar-refractivity contribution < 1.29 is 14.3 Å². The van der Waals surface area contributed by atoms with Crippen molar-refractivity contribution in [3.8, 4) is 22.8 Å². The molecule has 3 rings (SSSR count). The second-order valence-electron chi connectivity index (χ2n) is 4.50. The quantitative estimate of drug-likeness (QED) is 0.763. The number of phenols is 1. The zero-order chi connectivity index (χ0) is 15.0. The van der Waals surface area contributed by atoms with Gasteiger partial charge in [0.1, 0.15) is 22.8 Å². The molecular formula is C16H11BrO4. The number of fused-ring (bicyclic) bond motifs is 1. The lowest BCUT2D eigenvalue weighted by Gasteiger charge is -2.05. The molecule has 21 heavy (non-hydrogen) atoms. The van der Waals surface area contributed by atoms with Gasteiger partial charge < -0.3 is 14.3 Å². The number of aromatic hydroxyl groups is 1. The van der Waals surface area contributed by atoms with Crippen LogP contribution in [0.3, 0.4) is 0 Å². The summed E-state index contributed by atoms with van der Waals surface area (Å²) in [5.41, 5.74) is 0.939. The normalized spacial score (nSPS) is 10.8. The molecule has 4 nitrogen and oxygen atoms in total. The van der Waals surface area contributed by atoms with E-state index in [1.807, 2.05) is 12.1 Å². The van der Waals surface area contributed by atoms with Gasteiger partial charge in [0.05, 0.1) is 17.0 Å². The fraction of sp³-hybridized carbons (Fsp3) is 0.0625. The molecule has 0 radical (unpaired) electrons. The zero-order valence-electron chi connectivity index (χ0n) is 11.1. The maximum atomic E-state index is 12.2. The number of rotatable bonds is 2. The van der Waals surface area contributed by atoms with Gasteiger partial charge in [-0.15, -0.1) is 0 Å². The Hall–Kier alpha value is -2.27. The van der Waals surface area contributed by atoms with Gasteiger partial charge in [-0.05, 0) is 46.3 Å². The van der Waals surface area contributed by atoms with Crippen molar-refractivity contribution >= 4 is 26.9 Å². The van der Waals surface area contributed by atoms with Gasteiger partial charge in [0.15, 0.2) is 5.43 Å². The first-order chi connectivity index (χ1) is 10.1. The molecule has 0 fully saturated rings. The third-order valence-electron chi connectivity index (χ3n) is 3.17. The minimum atomic E-state index is -0.164. The molecule has 0 aliphatic carbocycles. The van der Waals surface area contributed by atoms with Crippen LogP contribution in [0.4, 0.5) is 0 Å². The molecule has 0 spiro atoms. The molecule has 2 aromatic carbocycles. The first kappa shape index (κ1) is 13.7. The van der Waals surface area contributed by atoms with Crippen LogP contribution in [0, 0.1) is 0 Å². The molecule has 0 saturated carbocycles. The van der Waals surface area contributed by atoms with Crippen molar-refractivity contribution in [2.75, 3.05) is 7.11 Å². The fourth-order valence-corrected chi connectivity index (χ4v) is 2.41.